The molecule has 1 aliphatic heterocycles. The molecule has 0 bridgehead atoms. The molecule has 0 N–H and O–H groups in total. The molecule has 0 saturated carbocycles. The van der Waals surface area contributed by atoms with Gasteiger partial charge in [0.05, 0.1) is 6.61 Å². The third kappa shape index (κ3) is 4.00. The number of aryl methyl sites for hydroxylation is 1. The van der Waals surface area contributed by atoms with Crippen LogP contribution in [0, 0.1) is 6.92 Å². The molecule has 0 amide bonds. The molecule has 0 radical (unpaired) electrons. The second-order valence-electron chi connectivity index (χ2n) is 6.41. The van der Waals surface area contributed by atoms with Crippen LogP contribution >= 0.6 is 15.9 Å². The van der Waals surface area contributed by atoms with Crippen molar-refractivity contribution in [1.82, 2.24) is 0 Å². The van der Waals surface area contributed by atoms with E-state index in [1.165, 1.54) is 22.7 Å². The quantitative estimate of drug-likeness (QED) is 0.569. The van der Waals surface area contributed by atoms with Crippen molar-refractivity contribution in [3.05, 3.63) is 34.9 Å². The van der Waals surface area contributed by atoms with Crippen molar-refractivity contribution in [2.75, 3.05) is 13.2 Å². The molecular weight excluding hydrogens is 318 g/mol. The van der Waals surface area contributed by atoms with E-state index in [2.05, 4.69) is 65.7 Å². The van der Waals surface area contributed by atoms with E-state index in [1.807, 2.05) is 0 Å². The van der Waals surface area contributed by atoms with E-state index in [4.69, 9.17) is 4.74 Å². The largest absolute Gasteiger partial charge is 0.379 e. The Hall–Kier alpha value is -0.453. The van der Waals surface area contributed by atoms with Crippen molar-refractivity contribution in [3.8, 4) is 0 Å². The standard InChI is InChI=1S/C15H22BrNOSi/c1-11-5-6-12-13(9-11)15(16)17-14(12)10-18-7-8-19(2,3)4/h5-6,9,14H,7-8,10H2,1-4H3. The van der Waals surface area contributed by atoms with Crippen molar-refractivity contribution in [2.24, 2.45) is 4.99 Å². The van der Waals surface area contributed by atoms with Crippen LogP contribution in [0.25, 0.3) is 0 Å². The number of fused-ring (bicyclic) bond motifs is 1. The number of hydrogen-bond donors (Lipinski definition) is 0. The summed E-state index contributed by atoms with van der Waals surface area (Å²) in [7, 11) is -0.997. The lowest BCUT2D eigenvalue weighted by Crippen LogP contribution is -2.22. The highest BCUT2D eigenvalue weighted by Crippen LogP contribution is 2.32. The molecule has 1 heterocycles. The Morgan fingerprint density at radius 1 is 1.32 bits per heavy atom. The first-order valence-corrected chi connectivity index (χ1v) is 11.3. The van der Waals surface area contributed by atoms with Gasteiger partial charge in [-0.15, -0.1) is 0 Å². The predicted molar refractivity (Wildman–Crippen MR) is 88.4 cm³/mol. The smallest absolute Gasteiger partial charge is 0.108 e. The lowest BCUT2D eigenvalue weighted by molar-refractivity contribution is 0.134. The molecule has 2 nitrogen and oxygen atoms in total. The van der Waals surface area contributed by atoms with Gasteiger partial charge in [-0.2, -0.15) is 0 Å². The number of benzene rings is 1. The first kappa shape index (κ1) is 14.9. The Balaban J connectivity index is 1.94. The van der Waals surface area contributed by atoms with Gasteiger partial charge in [0.15, 0.2) is 0 Å². The molecular formula is C15H22BrNOSi. The molecule has 1 aromatic carbocycles. The van der Waals surface area contributed by atoms with E-state index >= 15 is 0 Å². The van der Waals surface area contributed by atoms with Crippen LogP contribution in [0.2, 0.25) is 25.7 Å². The zero-order valence-electron chi connectivity index (χ0n) is 12.2. The summed E-state index contributed by atoms with van der Waals surface area (Å²) in [5, 5.41) is 0. The van der Waals surface area contributed by atoms with Crippen molar-refractivity contribution < 1.29 is 4.74 Å². The highest BCUT2D eigenvalue weighted by molar-refractivity contribution is 9.18. The lowest BCUT2D eigenvalue weighted by atomic mass is 10.0. The number of aliphatic imine (C=N–C) groups is 1. The molecule has 1 aliphatic rings. The van der Waals surface area contributed by atoms with Gasteiger partial charge in [0.1, 0.15) is 10.7 Å². The first-order chi connectivity index (χ1) is 8.87. The second kappa shape index (κ2) is 5.90. The van der Waals surface area contributed by atoms with Crippen LogP contribution in [0.15, 0.2) is 23.2 Å². The Kier molecular flexibility index (Phi) is 4.64. The summed E-state index contributed by atoms with van der Waals surface area (Å²) in [6.45, 7) is 10.8. The van der Waals surface area contributed by atoms with Crippen molar-refractivity contribution in [3.63, 3.8) is 0 Å². The van der Waals surface area contributed by atoms with Gasteiger partial charge in [0.25, 0.3) is 0 Å². The SMILES string of the molecule is Cc1ccc2c(c1)C(Br)=NC2COCC[Si](C)(C)C. The molecule has 1 unspecified atom stereocenters. The number of nitrogens with zero attached hydrogens (tertiary/aromatic N) is 1. The molecule has 0 aromatic heterocycles. The number of hydrogen-bond acceptors (Lipinski definition) is 2. The van der Waals surface area contributed by atoms with E-state index < -0.39 is 8.07 Å². The van der Waals surface area contributed by atoms with Gasteiger partial charge in [0, 0.05) is 20.2 Å². The topological polar surface area (TPSA) is 21.6 Å². The molecule has 2 rings (SSSR count). The minimum atomic E-state index is -0.997. The molecule has 4 heteroatoms. The molecule has 0 fully saturated rings. The van der Waals surface area contributed by atoms with E-state index in [-0.39, 0.29) is 6.04 Å². The van der Waals surface area contributed by atoms with Crippen LogP contribution in [0.5, 0.6) is 0 Å². The van der Waals surface area contributed by atoms with Crippen LogP contribution in [0.3, 0.4) is 0 Å². The maximum absolute atomic E-state index is 5.84. The van der Waals surface area contributed by atoms with Crippen LogP contribution in [-0.2, 0) is 4.74 Å². The fourth-order valence-electron chi connectivity index (χ4n) is 2.12. The average Bonchev–Trinajstić information content (AvgIpc) is 2.60. The molecule has 1 atom stereocenters. The molecule has 0 aliphatic carbocycles. The van der Waals surface area contributed by atoms with E-state index in [9.17, 15) is 0 Å². The van der Waals surface area contributed by atoms with Crippen LogP contribution in [-0.4, -0.2) is 25.9 Å². The van der Waals surface area contributed by atoms with Gasteiger partial charge < -0.3 is 4.74 Å². The molecule has 0 spiro atoms. The lowest BCUT2D eigenvalue weighted by Gasteiger charge is -2.16. The molecule has 1 aromatic rings. The summed E-state index contributed by atoms with van der Waals surface area (Å²) < 4.78 is 6.80. The summed E-state index contributed by atoms with van der Waals surface area (Å²) >= 11 is 3.55. The van der Waals surface area contributed by atoms with Gasteiger partial charge in [-0.05, 0) is 40.5 Å². The maximum Gasteiger partial charge on any atom is 0.108 e. The van der Waals surface area contributed by atoms with Crippen LogP contribution < -0.4 is 0 Å². The van der Waals surface area contributed by atoms with Crippen molar-refractivity contribution in [1.29, 1.82) is 0 Å². The fourth-order valence-corrected chi connectivity index (χ4v) is 3.46. The highest BCUT2D eigenvalue weighted by Gasteiger charge is 2.24. The van der Waals surface area contributed by atoms with Gasteiger partial charge >= 0.3 is 0 Å². The summed E-state index contributed by atoms with van der Waals surface area (Å²) in [5.41, 5.74) is 3.77. The third-order valence-electron chi connectivity index (χ3n) is 3.33. The van der Waals surface area contributed by atoms with E-state index in [0.29, 0.717) is 6.61 Å². The zero-order chi connectivity index (χ0) is 14.0. The molecule has 104 valence electrons. The Labute approximate surface area is 125 Å². The average molecular weight is 340 g/mol. The minimum Gasteiger partial charge on any atom is -0.379 e. The summed E-state index contributed by atoms with van der Waals surface area (Å²) in [4.78, 5) is 4.65. The number of rotatable bonds is 5. The summed E-state index contributed by atoms with van der Waals surface area (Å²) in [6.07, 6.45) is 0. The van der Waals surface area contributed by atoms with Crippen LogP contribution in [0.1, 0.15) is 22.7 Å². The Morgan fingerprint density at radius 3 is 2.74 bits per heavy atom. The monoisotopic (exact) mass is 339 g/mol. The molecule has 0 saturated heterocycles. The Morgan fingerprint density at radius 2 is 2.05 bits per heavy atom. The van der Waals surface area contributed by atoms with E-state index in [1.54, 1.807) is 0 Å². The van der Waals surface area contributed by atoms with Gasteiger partial charge in [-0.25, -0.2) is 0 Å². The fraction of sp³-hybridized carbons (Fsp3) is 0.533. The maximum atomic E-state index is 5.84. The van der Waals surface area contributed by atoms with Gasteiger partial charge in [-0.1, -0.05) is 37.3 Å². The van der Waals surface area contributed by atoms with Gasteiger partial charge in [-0.3, -0.25) is 4.99 Å². The minimum absolute atomic E-state index is 0.159. The molecule has 19 heavy (non-hydrogen) atoms. The summed E-state index contributed by atoms with van der Waals surface area (Å²) in [5.74, 6) is 0. The van der Waals surface area contributed by atoms with Crippen molar-refractivity contribution in [2.45, 2.75) is 38.7 Å². The highest BCUT2D eigenvalue weighted by atomic mass is 79.9. The summed E-state index contributed by atoms with van der Waals surface area (Å²) in [6, 6.07) is 7.88. The van der Waals surface area contributed by atoms with E-state index in [0.717, 1.165) is 11.2 Å². The van der Waals surface area contributed by atoms with Gasteiger partial charge in [0.2, 0.25) is 0 Å². The number of halogens is 1. The van der Waals surface area contributed by atoms with Crippen LogP contribution in [0.4, 0.5) is 0 Å². The zero-order valence-corrected chi connectivity index (χ0v) is 14.8. The Bertz CT molecular complexity index is 493. The first-order valence-electron chi connectivity index (χ1n) is 6.79. The normalized spacial score (nSPS) is 18.4. The number of ether oxygens (including phenoxy) is 1. The third-order valence-corrected chi connectivity index (χ3v) is 5.67. The van der Waals surface area contributed by atoms with Crippen molar-refractivity contribution >= 4 is 28.6 Å². The second-order valence-corrected chi connectivity index (χ2v) is 12.8. The predicted octanol–water partition coefficient (Wildman–Crippen LogP) is 4.55.